The summed E-state index contributed by atoms with van der Waals surface area (Å²) in [6.45, 7) is 4.56. The molecule has 9 nitrogen and oxygen atoms in total. The number of rotatable bonds is 6. The van der Waals surface area contributed by atoms with Gasteiger partial charge in [-0.25, -0.2) is 9.97 Å². The first-order valence-corrected chi connectivity index (χ1v) is 10.8. The van der Waals surface area contributed by atoms with Crippen molar-refractivity contribution in [2.45, 2.75) is 13.1 Å². The van der Waals surface area contributed by atoms with E-state index >= 15 is 0 Å². The van der Waals surface area contributed by atoms with Crippen molar-refractivity contribution in [3.8, 4) is 5.75 Å². The summed E-state index contributed by atoms with van der Waals surface area (Å²) >= 11 is 0. The zero-order valence-corrected chi connectivity index (χ0v) is 19.1. The highest BCUT2D eigenvalue weighted by molar-refractivity contribution is 6.03. The Labute approximate surface area is 199 Å². The monoisotopic (exact) mass is 487 g/mol. The van der Waals surface area contributed by atoms with Gasteiger partial charge < -0.3 is 25.6 Å². The lowest BCUT2D eigenvalue weighted by atomic mass is 10.1. The average Bonchev–Trinajstić information content (AvgIpc) is 2.85. The maximum absolute atomic E-state index is 14.0. The fraction of sp³-hybridized carbons (Fsp3) is 0.304. The van der Waals surface area contributed by atoms with Crippen LogP contribution in [0.5, 0.6) is 5.75 Å². The van der Waals surface area contributed by atoms with Gasteiger partial charge in [-0.15, -0.1) is 0 Å². The van der Waals surface area contributed by atoms with E-state index in [9.17, 15) is 18.0 Å². The van der Waals surface area contributed by atoms with Crippen molar-refractivity contribution in [1.82, 2.24) is 20.3 Å². The van der Waals surface area contributed by atoms with E-state index in [2.05, 4.69) is 30.9 Å². The van der Waals surface area contributed by atoms with E-state index in [0.717, 1.165) is 19.2 Å². The zero-order chi connectivity index (χ0) is 25.0. The second-order valence-corrected chi connectivity index (χ2v) is 7.83. The number of hydrogen-bond acceptors (Lipinski definition) is 8. The van der Waals surface area contributed by atoms with Crippen LogP contribution in [0.2, 0.25) is 0 Å². The van der Waals surface area contributed by atoms with E-state index in [-0.39, 0.29) is 28.6 Å². The SMILES string of the molecule is COc1cnc(N2CCNCC2)nc1Nc1ccc(NC(=O)c2cccc(C)n2)cc1C(F)(F)F. The molecule has 0 radical (unpaired) electrons. The smallest absolute Gasteiger partial charge is 0.418 e. The zero-order valence-electron chi connectivity index (χ0n) is 19.1. The number of aryl methyl sites for hydroxylation is 1. The number of amides is 1. The third-order valence-electron chi connectivity index (χ3n) is 5.32. The number of aromatic nitrogens is 3. The third kappa shape index (κ3) is 5.77. The molecule has 1 aliphatic rings. The van der Waals surface area contributed by atoms with E-state index in [1.165, 1.54) is 31.5 Å². The van der Waals surface area contributed by atoms with E-state index in [1.807, 2.05) is 4.90 Å². The number of carbonyl (C=O) groups is 1. The second-order valence-electron chi connectivity index (χ2n) is 7.83. The van der Waals surface area contributed by atoms with Gasteiger partial charge in [0.05, 0.1) is 24.6 Å². The van der Waals surface area contributed by atoms with Crippen LogP contribution in [0, 0.1) is 6.92 Å². The van der Waals surface area contributed by atoms with Crippen LogP contribution >= 0.6 is 0 Å². The van der Waals surface area contributed by atoms with Gasteiger partial charge in [-0.05, 0) is 37.3 Å². The molecule has 0 saturated carbocycles. The minimum absolute atomic E-state index is 0.0210. The molecule has 3 aromatic rings. The lowest BCUT2D eigenvalue weighted by Crippen LogP contribution is -2.44. The van der Waals surface area contributed by atoms with Crippen LogP contribution in [-0.4, -0.2) is 54.1 Å². The minimum atomic E-state index is -4.70. The molecule has 0 unspecified atom stereocenters. The number of carbonyl (C=O) groups excluding carboxylic acids is 1. The highest BCUT2D eigenvalue weighted by Gasteiger charge is 2.34. The third-order valence-corrected chi connectivity index (χ3v) is 5.32. The molecule has 0 atom stereocenters. The Morgan fingerprint density at radius 3 is 2.60 bits per heavy atom. The van der Waals surface area contributed by atoms with Crippen LogP contribution in [0.25, 0.3) is 0 Å². The number of nitrogens with zero attached hydrogens (tertiary/aromatic N) is 4. The number of pyridine rings is 1. The topological polar surface area (TPSA) is 104 Å². The Morgan fingerprint density at radius 1 is 1.14 bits per heavy atom. The van der Waals surface area contributed by atoms with Gasteiger partial charge in [0.15, 0.2) is 11.6 Å². The van der Waals surface area contributed by atoms with Gasteiger partial charge in [0.1, 0.15) is 5.69 Å². The minimum Gasteiger partial charge on any atom is -0.491 e. The van der Waals surface area contributed by atoms with Crippen LogP contribution in [0.15, 0.2) is 42.6 Å². The van der Waals surface area contributed by atoms with Crippen LogP contribution in [0.1, 0.15) is 21.7 Å². The molecule has 12 heteroatoms. The number of alkyl halides is 3. The second kappa shape index (κ2) is 10.1. The van der Waals surface area contributed by atoms with Crippen molar-refractivity contribution in [2.75, 3.05) is 48.8 Å². The van der Waals surface area contributed by atoms with Gasteiger partial charge in [0.25, 0.3) is 5.91 Å². The molecule has 1 saturated heterocycles. The average molecular weight is 487 g/mol. The van der Waals surface area contributed by atoms with Gasteiger partial charge in [0.2, 0.25) is 5.95 Å². The summed E-state index contributed by atoms with van der Waals surface area (Å²) in [6, 6.07) is 8.31. The van der Waals surface area contributed by atoms with Crippen molar-refractivity contribution < 1.29 is 22.7 Å². The quantitative estimate of drug-likeness (QED) is 0.485. The van der Waals surface area contributed by atoms with Crippen LogP contribution in [0.3, 0.4) is 0 Å². The standard InChI is InChI=1S/C23H24F3N7O2/c1-14-4-3-5-18(29-14)21(34)30-15-6-7-17(16(12-15)23(24,25)26)31-20-19(35-2)13-28-22(32-20)33-10-8-27-9-11-33/h3-7,12-13,27H,8-11H2,1-2H3,(H,30,34)(H,28,31,32). The Bertz CT molecular complexity index is 1210. The molecular weight excluding hydrogens is 463 g/mol. The summed E-state index contributed by atoms with van der Waals surface area (Å²) in [7, 11) is 1.39. The first-order chi connectivity index (χ1) is 16.7. The lowest BCUT2D eigenvalue weighted by Gasteiger charge is -2.27. The molecule has 184 valence electrons. The molecule has 0 aliphatic carbocycles. The molecule has 1 amide bonds. The van der Waals surface area contributed by atoms with Gasteiger partial charge in [-0.1, -0.05) is 6.07 Å². The fourth-order valence-electron chi connectivity index (χ4n) is 3.58. The van der Waals surface area contributed by atoms with Gasteiger partial charge in [-0.3, -0.25) is 4.79 Å². The van der Waals surface area contributed by atoms with Crippen molar-refractivity contribution in [3.63, 3.8) is 0 Å². The first-order valence-electron chi connectivity index (χ1n) is 10.8. The number of halogens is 3. The van der Waals surface area contributed by atoms with E-state index in [4.69, 9.17) is 4.74 Å². The largest absolute Gasteiger partial charge is 0.491 e. The Balaban J connectivity index is 1.63. The molecule has 35 heavy (non-hydrogen) atoms. The molecule has 4 rings (SSSR count). The van der Waals surface area contributed by atoms with Gasteiger partial charge in [-0.2, -0.15) is 18.2 Å². The number of methoxy groups -OCH3 is 1. The van der Waals surface area contributed by atoms with E-state index < -0.39 is 17.6 Å². The molecule has 3 N–H and O–H groups in total. The number of anilines is 4. The Kier molecular flexibility index (Phi) is 7.01. The van der Waals surface area contributed by atoms with Crippen molar-refractivity contribution in [3.05, 3.63) is 59.5 Å². The molecule has 1 fully saturated rings. The van der Waals surface area contributed by atoms with Crippen molar-refractivity contribution in [1.29, 1.82) is 0 Å². The predicted molar refractivity (Wildman–Crippen MR) is 125 cm³/mol. The molecule has 0 bridgehead atoms. The summed E-state index contributed by atoms with van der Waals surface area (Å²) in [5.74, 6) is 0.0701. The molecule has 1 aromatic carbocycles. The summed E-state index contributed by atoms with van der Waals surface area (Å²) < 4.78 is 47.1. The fourth-order valence-corrected chi connectivity index (χ4v) is 3.58. The first kappa shape index (κ1) is 24.2. The predicted octanol–water partition coefficient (Wildman–Crippen LogP) is 3.61. The summed E-state index contributed by atoms with van der Waals surface area (Å²) in [5, 5.41) is 8.43. The number of ether oxygens (including phenoxy) is 1. The Hall–Kier alpha value is -3.93. The summed E-state index contributed by atoms with van der Waals surface area (Å²) in [5.41, 5.74) is -0.518. The highest BCUT2D eigenvalue weighted by Crippen LogP contribution is 2.39. The maximum atomic E-state index is 14.0. The number of nitrogens with one attached hydrogen (secondary N) is 3. The van der Waals surface area contributed by atoms with Crippen LogP contribution in [-0.2, 0) is 6.18 Å². The number of piperazine rings is 1. The molecule has 3 heterocycles. The number of benzene rings is 1. The molecule has 2 aromatic heterocycles. The van der Waals surface area contributed by atoms with Crippen molar-refractivity contribution >= 4 is 29.0 Å². The maximum Gasteiger partial charge on any atom is 0.418 e. The normalized spacial score (nSPS) is 13.9. The Morgan fingerprint density at radius 2 is 1.91 bits per heavy atom. The van der Waals surface area contributed by atoms with Gasteiger partial charge in [0, 0.05) is 37.6 Å². The van der Waals surface area contributed by atoms with Gasteiger partial charge >= 0.3 is 6.18 Å². The summed E-state index contributed by atoms with van der Waals surface area (Å²) in [6.07, 6.45) is -3.28. The highest BCUT2D eigenvalue weighted by atomic mass is 19.4. The van der Waals surface area contributed by atoms with E-state index in [1.54, 1.807) is 19.1 Å². The van der Waals surface area contributed by atoms with Crippen LogP contribution < -0.4 is 25.6 Å². The van der Waals surface area contributed by atoms with Crippen molar-refractivity contribution in [2.24, 2.45) is 0 Å². The molecule has 0 spiro atoms. The number of hydrogen-bond donors (Lipinski definition) is 3. The molecule has 1 aliphatic heterocycles. The lowest BCUT2D eigenvalue weighted by molar-refractivity contribution is -0.136. The summed E-state index contributed by atoms with van der Waals surface area (Å²) in [4.78, 5) is 27.2. The van der Waals surface area contributed by atoms with Crippen LogP contribution in [0.4, 0.5) is 36.3 Å². The van der Waals surface area contributed by atoms with E-state index in [0.29, 0.717) is 24.7 Å². The molecular formula is C23H24F3N7O2.